The van der Waals surface area contributed by atoms with Crippen LogP contribution in [-0.2, 0) is 4.79 Å². The minimum absolute atomic E-state index is 0.199. The van der Waals surface area contributed by atoms with E-state index in [4.69, 9.17) is 10.6 Å². The number of carbonyl (C=O) groups is 2. The predicted molar refractivity (Wildman–Crippen MR) is 80.7 cm³/mol. The number of amides is 2. The number of hydrogen-bond donors (Lipinski definition) is 3. The highest BCUT2D eigenvalue weighted by Crippen LogP contribution is 2.18. The zero-order chi connectivity index (χ0) is 15.5. The van der Waals surface area contributed by atoms with Crippen LogP contribution in [0.15, 0.2) is 24.3 Å². The summed E-state index contributed by atoms with van der Waals surface area (Å²) in [7, 11) is 0. The molecule has 0 unspecified atom stereocenters. The van der Waals surface area contributed by atoms with Crippen molar-refractivity contribution >= 4 is 11.8 Å². The first-order chi connectivity index (χ1) is 10.2. The Labute approximate surface area is 125 Å². The number of carbonyl (C=O) groups excluding carboxylic acids is 2. The number of nitrogens with two attached hydrogens (primary N) is 1. The second kappa shape index (κ2) is 9.77. The SMILES string of the molecule is CCCCOc1ccccc1C(=O)NCCCC(=O)NN. The normalized spacial score (nSPS) is 10.0. The summed E-state index contributed by atoms with van der Waals surface area (Å²) in [6, 6.07) is 7.14. The first-order valence-corrected chi connectivity index (χ1v) is 7.18. The molecule has 0 heterocycles. The Kier molecular flexibility index (Phi) is 7.89. The van der Waals surface area contributed by atoms with Gasteiger partial charge in [0.15, 0.2) is 0 Å². The third-order valence-electron chi connectivity index (χ3n) is 2.91. The second-order valence-corrected chi connectivity index (χ2v) is 4.63. The number of hydrazine groups is 1. The van der Waals surface area contributed by atoms with E-state index in [0.717, 1.165) is 12.8 Å². The van der Waals surface area contributed by atoms with Crippen LogP contribution in [0.4, 0.5) is 0 Å². The van der Waals surface area contributed by atoms with Crippen LogP contribution in [0.1, 0.15) is 43.0 Å². The Morgan fingerprint density at radius 1 is 1.24 bits per heavy atom. The van der Waals surface area contributed by atoms with Gasteiger partial charge in [-0.2, -0.15) is 0 Å². The molecule has 0 aromatic heterocycles. The van der Waals surface area contributed by atoms with E-state index in [1.54, 1.807) is 18.2 Å². The van der Waals surface area contributed by atoms with Crippen molar-refractivity contribution in [2.45, 2.75) is 32.6 Å². The van der Waals surface area contributed by atoms with Gasteiger partial charge in [0.1, 0.15) is 5.75 Å². The quantitative estimate of drug-likeness (QED) is 0.277. The average Bonchev–Trinajstić information content (AvgIpc) is 2.51. The summed E-state index contributed by atoms with van der Waals surface area (Å²) in [4.78, 5) is 23.1. The summed E-state index contributed by atoms with van der Waals surface area (Å²) in [6.07, 6.45) is 2.81. The van der Waals surface area contributed by atoms with E-state index >= 15 is 0 Å². The van der Waals surface area contributed by atoms with Gasteiger partial charge in [0.2, 0.25) is 5.91 Å². The predicted octanol–water partition coefficient (Wildman–Crippen LogP) is 1.37. The summed E-state index contributed by atoms with van der Waals surface area (Å²) in [5.74, 6) is 5.12. The van der Waals surface area contributed by atoms with Crippen LogP contribution < -0.4 is 21.3 Å². The second-order valence-electron chi connectivity index (χ2n) is 4.63. The Hall–Kier alpha value is -2.08. The van der Waals surface area contributed by atoms with Crippen molar-refractivity contribution in [3.05, 3.63) is 29.8 Å². The molecule has 0 spiro atoms. The molecule has 1 aromatic rings. The van der Waals surface area contributed by atoms with E-state index in [2.05, 4.69) is 17.7 Å². The molecule has 1 aromatic carbocycles. The van der Waals surface area contributed by atoms with E-state index in [-0.39, 0.29) is 18.2 Å². The van der Waals surface area contributed by atoms with Gasteiger partial charge in [0, 0.05) is 13.0 Å². The molecule has 0 radical (unpaired) electrons. The summed E-state index contributed by atoms with van der Waals surface area (Å²) in [5.41, 5.74) is 2.56. The topological polar surface area (TPSA) is 93.4 Å². The summed E-state index contributed by atoms with van der Waals surface area (Å²) < 4.78 is 5.62. The molecule has 6 nitrogen and oxygen atoms in total. The van der Waals surface area contributed by atoms with Crippen molar-refractivity contribution < 1.29 is 14.3 Å². The van der Waals surface area contributed by atoms with Crippen LogP contribution >= 0.6 is 0 Å². The number of unbranched alkanes of at least 4 members (excludes halogenated alkanes) is 1. The van der Waals surface area contributed by atoms with Crippen LogP contribution in [0, 0.1) is 0 Å². The summed E-state index contributed by atoms with van der Waals surface area (Å²) in [6.45, 7) is 3.09. The van der Waals surface area contributed by atoms with Crippen molar-refractivity contribution in [1.29, 1.82) is 0 Å². The fraction of sp³-hybridized carbons (Fsp3) is 0.467. The van der Waals surface area contributed by atoms with Crippen molar-refractivity contribution in [3.63, 3.8) is 0 Å². The lowest BCUT2D eigenvalue weighted by molar-refractivity contribution is -0.121. The first-order valence-electron chi connectivity index (χ1n) is 7.18. The monoisotopic (exact) mass is 293 g/mol. The van der Waals surface area contributed by atoms with E-state index in [9.17, 15) is 9.59 Å². The van der Waals surface area contributed by atoms with Crippen LogP contribution in [-0.4, -0.2) is 25.0 Å². The lowest BCUT2D eigenvalue weighted by atomic mass is 10.2. The fourth-order valence-electron chi connectivity index (χ4n) is 1.72. The van der Waals surface area contributed by atoms with Gasteiger partial charge >= 0.3 is 0 Å². The molecule has 4 N–H and O–H groups in total. The summed E-state index contributed by atoms with van der Waals surface area (Å²) >= 11 is 0. The third-order valence-corrected chi connectivity index (χ3v) is 2.91. The van der Waals surface area contributed by atoms with Gasteiger partial charge < -0.3 is 10.1 Å². The highest BCUT2D eigenvalue weighted by atomic mass is 16.5. The Balaban J connectivity index is 2.47. The van der Waals surface area contributed by atoms with Gasteiger partial charge in [-0.1, -0.05) is 25.5 Å². The third kappa shape index (κ3) is 6.27. The molecular weight excluding hydrogens is 270 g/mol. The van der Waals surface area contributed by atoms with E-state index in [1.165, 1.54) is 0 Å². The van der Waals surface area contributed by atoms with Crippen LogP contribution in [0.25, 0.3) is 0 Å². The van der Waals surface area contributed by atoms with Crippen LogP contribution in [0.5, 0.6) is 5.75 Å². The minimum atomic E-state index is -0.243. The molecule has 1 rings (SSSR count). The van der Waals surface area contributed by atoms with Crippen molar-refractivity contribution in [2.75, 3.05) is 13.2 Å². The zero-order valence-electron chi connectivity index (χ0n) is 12.4. The lowest BCUT2D eigenvalue weighted by Crippen LogP contribution is -2.31. The van der Waals surface area contributed by atoms with Crippen molar-refractivity contribution in [2.24, 2.45) is 5.84 Å². The number of hydrogen-bond acceptors (Lipinski definition) is 4. The van der Waals surface area contributed by atoms with E-state index < -0.39 is 0 Å². The highest BCUT2D eigenvalue weighted by Gasteiger charge is 2.11. The Bertz CT molecular complexity index is 463. The van der Waals surface area contributed by atoms with E-state index in [1.807, 2.05) is 6.07 Å². The molecule has 6 heteroatoms. The maximum atomic E-state index is 12.1. The number of nitrogens with one attached hydrogen (secondary N) is 2. The first kappa shape index (κ1) is 17.0. The molecule has 0 saturated carbocycles. The van der Waals surface area contributed by atoms with Gasteiger partial charge in [-0.25, -0.2) is 5.84 Å². The fourth-order valence-corrected chi connectivity index (χ4v) is 1.72. The molecule has 0 bridgehead atoms. The highest BCUT2D eigenvalue weighted by molar-refractivity contribution is 5.96. The summed E-state index contributed by atoms with van der Waals surface area (Å²) in [5, 5.41) is 2.77. The maximum absolute atomic E-state index is 12.1. The molecule has 0 aliphatic carbocycles. The zero-order valence-corrected chi connectivity index (χ0v) is 12.4. The van der Waals surface area contributed by atoms with Crippen LogP contribution in [0.2, 0.25) is 0 Å². The molecule has 0 atom stereocenters. The van der Waals surface area contributed by atoms with Crippen molar-refractivity contribution in [3.8, 4) is 5.75 Å². The van der Waals surface area contributed by atoms with Gasteiger partial charge in [-0.05, 0) is 25.0 Å². The average molecular weight is 293 g/mol. The van der Waals surface area contributed by atoms with Gasteiger partial charge in [0.05, 0.1) is 12.2 Å². The van der Waals surface area contributed by atoms with Crippen molar-refractivity contribution in [1.82, 2.24) is 10.7 Å². The number of para-hydroxylation sites is 1. The molecular formula is C15H23N3O3. The van der Waals surface area contributed by atoms with Gasteiger partial charge in [-0.15, -0.1) is 0 Å². The minimum Gasteiger partial charge on any atom is -0.493 e. The molecule has 0 aliphatic heterocycles. The Morgan fingerprint density at radius 2 is 2.00 bits per heavy atom. The van der Waals surface area contributed by atoms with E-state index in [0.29, 0.717) is 30.9 Å². The largest absolute Gasteiger partial charge is 0.493 e. The van der Waals surface area contributed by atoms with Gasteiger partial charge in [0.25, 0.3) is 5.91 Å². The molecule has 21 heavy (non-hydrogen) atoms. The molecule has 2 amide bonds. The number of ether oxygens (including phenoxy) is 1. The van der Waals surface area contributed by atoms with Crippen LogP contribution in [0.3, 0.4) is 0 Å². The molecule has 116 valence electrons. The molecule has 0 fully saturated rings. The smallest absolute Gasteiger partial charge is 0.255 e. The Morgan fingerprint density at radius 3 is 2.71 bits per heavy atom. The molecule has 0 aliphatic rings. The maximum Gasteiger partial charge on any atom is 0.255 e. The molecule has 0 saturated heterocycles. The lowest BCUT2D eigenvalue weighted by Gasteiger charge is -2.11. The number of benzene rings is 1. The standard InChI is InChI=1S/C15H23N3O3/c1-2-3-11-21-13-8-5-4-7-12(13)15(20)17-10-6-9-14(19)18-16/h4-5,7-8H,2-3,6,9-11,16H2,1H3,(H,17,20)(H,18,19). The number of rotatable bonds is 9. The van der Waals surface area contributed by atoms with Gasteiger partial charge in [-0.3, -0.25) is 15.0 Å².